The van der Waals surface area contributed by atoms with Crippen molar-refractivity contribution in [3.63, 3.8) is 0 Å². The fraction of sp³-hybridized carbons (Fsp3) is 0.667. The molecule has 3 rings (SSSR count). The minimum Gasteiger partial charge on any atom is -0.381 e. The molecule has 0 aromatic heterocycles. The molecule has 22 heavy (non-hydrogen) atoms. The van der Waals surface area contributed by atoms with Crippen molar-refractivity contribution in [2.45, 2.75) is 48.8 Å². The second kappa shape index (κ2) is 7.35. The van der Waals surface area contributed by atoms with Crippen molar-refractivity contribution in [2.75, 3.05) is 33.1 Å². The topological polar surface area (TPSA) is 21.7 Å². The van der Waals surface area contributed by atoms with Crippen molar-refractivity contribution in [3.05, 3.63) is 29.8 Å². The third-order valence-electron chi connectivity index (χ3n) is 5.06. The molecule has 2 saturated heterocycles. The molecule has 3 nitrogen and oxygen atoms in total. The van der Waals surface area contributed by atoms with Crippen LogP contribution in [0.2, 0.25) is 0 Å². The second-order valence-corrected chi connectivity index (χ2v) is 7.44. The highest BCUT2D eigenvalue weighted by Crippen LogP contribution is 2.36. The predicted molar refractivity (Wildman–Crippen MR) is 91.4 cm³/mol. The lowest BCUT2D eigenvalue weighted by molar-refractivity contribution is -0.150. The van der Waals surface area contributed by atoms with Gasteiger partial charge in [0.1, 0.15) is 0 Å². The normalized spacial score (nSPS) is 24.8. The first kappa shape index (κ1) is 16.3. The first-order valence-electron chi connectivity index (χ1n) is 8.26. The van der Waals surface area contributed by atoms with Gasteiger partial charge in [-0.15, -0.1) is 11.8 Å². The summed E-state index contributed by atoms with van der Waals surface area (Å²) in [6.45, 7) is 3.61. The van der Waals surface area contributed by atoms with E-state index in [4.69, 9.17) is 9.47 Å². The van der Waals surface area contributed by atoms with E-state index in [-0.39, 0.29) is 5.60 Å². The Morgan fingerprint density at radius 1 is 1.27 bits per heavy atom. The molecule has 122 valence electrons. The number of hydrogen-bond donors (Lipinski definition) is 0. The third-order valence-corrected chi connectivity index (χ3v) is 5.79. The van der Waals surface area contributed by atoms with Gasteiger partial charge in [-0.3, -0.25) is 4.90 Å². The van der Waals surface area contributed by atoms with Crippen LogP contribution >= 0.6 is 11.8 Å². The standard InChI is InChI=1S/C18H27NO2S/c1-19(14-15-4-3-5-17(12-15)22-2)16-6-9-21-18(13-16)7-10-20-11-8-18/h3-5,12,16H,6-11,13-14H2,1-2H3. The molecule has 2 aliphatic rings. The number of nitrogens with zero attached hydrogens (tertiary/aromatic N) is 1. The van der Waals surface area contributed by atoms with Crippen LogP contribution in [-0.4, -0.2) is 49.7 Å². The van der Waals surface area contributed by atoms with Gasteiger partial charge in [-0.1, -0.05) is 12.1 Å². The fourth-order valence-electron chi connectivity index (χ4n) is 3.66. The molecular weight excluding hydrogens is 294 g/mol. The highest BCUT2D eigenvalue weighted by atomic mass is 32.2. The molecule has 0 aliphatic carbocycles. The summed E-state index contributed by atoms with van der Waals surface area (Å²) in [5.74, 6) is 0. The lowest BCUT2D eigenvalue weighted by Crippen LogP contribution is -2.50. The van der Waals surface area contributed by atoms with Crippen LogP contribution in [0.4, 0.5) is 0 Å². The zero-order chi connectivity index (χ0) is 15.4. The molecule has 1 aromatic rings. The maximum absolute atomic E-state index is 6.16. The van der Waals surface area contributed by atoms with Crippen molar-refractivity contribution < 1.29 is 9.47 Å². The van der Waals surface area contributed by atoms with Gasteiger partial charge in [0.15, 0.2) is 0 Å². The van der Waals surface area contributed by atoms with Crippen LogP contribution in [0.3, 0.4) is 0 Å². The zero-order valence-electron chi connectivity index (χ0n) is 13.7. The van der Waals surface area contributed by atoms with E-state index in [0.29, 0.717) is 6.04 Å². The Labute approximate surface area is 138 Å². The highest BCUT2D eigenvalue weighted by molar-refractivity contribution is 7.98. The van der Waals surface area contributed by atoms with Gasteiger partial charge in [-0.25, -0.2) is 0 Å². The second-order valence-electron chi connectivity index (χ2n) is 6.56. The Hall–Kier alpha value is -0.550. The first-order valence-corrected chi connectivity index (χ1v) is 9.48. The van der Waals surface area contributed by atoms with Gasteiger partial charge in [0.05, 0.1) is 5.60 Å². The lowest BCUT2D eigenvalue weighted by atomic mass is 9.83. The van der Waals surface area contributed by atoms with E-state index < -0.39 is 0 Å². The van der Waals surface area contributed by atoms with Gasteiger partial charge in [-0.2, -0.15) is 0 Å². The Balaban J connectivity index is 1.62. The van der Waals surface area contributed by atoms with Crippen LogP contribution in [0.25, 0.3) is 0 Å². The SMILES string of the molecule is CSc1cccc(CN(C)C2CCOC3(CCOCC3)C2)c1. The molecule has 2 aliphatic heterocycles. The van der Waals surface area contributed by atoms with Gasteiger partial charge in [0, 0.05) is 37.3 Å². The Morgan fingerprint density at radius 3 is 2.86 bits per heavy atom. The van der Waals surface area contributed by atoms with Gasteiger partial charge in [-0.05, 0) is 56.7 Å². The lowest BCUT2D eigenvalue weighted by Gasteiger charge is -2.45. The van der Waals surface area contributed by atoms with Crippen molar-refractivity contribution in [3.8, 4) is 0 Å². The smallest absolute Gasteiger partial charge is 0.0741 e. The van der Waals surface area contributed by atoms with Crippen LogP contribution in [0.1, 0.15) is 31.2 Å². The summed E-state index contributed by atoms with van der Waals surface area (Å²) in [6.07, 6.45) is 6.53. The molecule has 0 saturated carbocycles. The van der Waals surface area contributed by atoms with Crippen molar-refractivity contribution in [1.29, 1.82) is 0 Å². The number of thioether (sulfide) groups is 1. The van der Waals surface area contributed by atoms with Gasteiger partial charge >= 0.3 is 0 Å². The summed E-state index contributed by atoms with van der Waals surface area (Å²) in [7, 11) is 2.26. The van der Waals surface area contributed by atoms with E-state index in [9.17, 15) is 0 Å². The van der Waals surface area contributed by atoms with E-state index in [2.05, 4.69) is 42.5 Å². The van der Waals surface area contributed by atoms with Crippen molar-refractivity contribution in [1.82, 2.24) is 4.90 Å². The maximum Gasteiger partial charge on any atom is 0.0741 e. The predicted octanol–water partition coefficient (Wildman–Crippen LogP) is 3.57. The number of ether oxygens (including phenoxy) is 2. The summed E-state index contributed by atoms with van der Waals surface area (Å²) in [6, 6.07) is 9.51. The highest BCUT2D eigenvalue weighted by Gasteiger charge is 2.40. The van der Waals surface area contributed by atoms with Crippen molar-refractivity contribution >= 4 is 11.8 Å². The first-order chi connectivity index (χ1) is 10.7. The minimum absolute atomic E-state index is 0.0799. The molecule has 0 bridgehead atoms. The van der Waals surface area contributed by atoms with Crippen LogP contribution < -0.4 is 0 Å². The average Bonchev–Trinajstić information content (AvgIpc) is 2.56. The number of rotatable bonds is 4. The third kappa shape index (κ3) is 3.85. The van der Waals surface area contributed by atoms with Gasteiger partial charge in [0.25, 0.3) is 0 Å². The molecule has 0 N–H and O–H groups in total. The Bertz CT molecular complexity index is 482. The van der Waals surface area contributed by atoms with E-state index in [1.807, 2.05) is 11.8 Å². The molecule has 1 spiro atoms. The van der Waals surface area contributed by atoms with Crippen LogP contribution in [0.15, 0.2) is 29.2 Å². The summed E-state index contributed by atoms with van der Waals surface area (Å²) in [5.41, 5.74) is 1.48. The minimum atomic E-state index is 0.0799. The summed E-state index contributed by atoms with van der Waals surface area (Å²) in [5, 5.41) is 0. The molecule has 2 fully saturated rings. The molecule has 4 heteroatoms. The molecule has 1 unspecified atom stereocenters. The maximum atomic E-state index is 6.16. The van der Waals surface area contributed by atoms with Crippen LogP contribution in [-0.2, 0) is 16.0 Å². The van der Waals surface area contributed by atoms with Crippen molar-refractivity contribution in [2.24, 2.45) is 0 Å². The Morgan fingerprint density at radius 2 is 2.09 bits per heavy atom. The van der Waals surface area contributed by atoms with E-state index in [1.165, 1.54) is 10.5 Å². The monoisotopic (exact) mass is 321 g/mol. The summed E-state index contributed by atoms with van der Waals surface area (Å²) < 4.78 is 11.7. The van der Waals surface area contributed by atoms with Crippen LogP contribution in [0.5, 0.6) is 0 Å². The average molecular weight is 321 g/mol. The van der Waals surface area contributed by atoms with E-state index in [0.717, 1.165) is 52.0 Å². The largest absolute Gasteiger partial charge is 0.381 e. The zero-order valence-corrected chi connectivity index (χ0v) is 14.5. The molecule has 1 aromatic carbocycles. The quantitative estimate of drug-likeness (QED) is 0.790. The summed E-state index contributed by atoms with van der Waals surface area (Å²) in [4.78, 5) is 3.86. The van der Waals surface area contributed by atoms with Crippen LogP contribution in [0, 0.1) is 0 Å². The number of benzene rings is 1. The molecule has 2 heterocycles. The molecule has 0 amide bonds. The molecule has 0 radical (unpaired) electrons. The molecular formula is C18H27NO2S. The molecule has 1 atom stereocenters. The van der Waals surface area contributed by atoms with Gasteiger partial charge in [0.2, 0.25) is 0 Å². The van der Waals surface area contributed by atoms with E-state index in [1.54, 1.807) is 0 Å². The van der Waals surface area contributed by atoms with Gasteiger partial charge < -0.3 is 9.47 Å². The Kier molecular flexibility index (Phi) is 5.45. The number of hydrogen-bond acceptors (Lipinski definition) is 4. The summed E-state index contributed by atoms with van der Waals surface area (Å²) >= 11 is 1.81. The van der Waals surface area contributed by atoms with E-state index >= 15 is 0 Å². The fourth-order valence-corrected chi connectivity index (χ4v) is 4.14.